The third-order valence-electron chi connectivity index (χ3n) is 3.09. The van der Waals surface area contributed by atoms with Crippen LogP contribution in [-0.2, 0) is 18.9 Å². The molecule has 0 unspecified atom stereocenters. The van der Waals surface area contributed by atoms with Crippen molar-refractivity contribution in [2.75, 3.05) is 26.9 Å². The maximum atomic E-state index is 10.3. The van der Waals surface area contributed by atoms with Crippen LogP contribution in [0.3, 0.4) is 0 Å². The number of hydrogen-bond acceptors (Lipinski definition) is 5. The van der Waals surface area contributed by atoms with Gasteiger partial charge in [0.2, 0.25) is 0 Å². The molecule has 0 aromatic rings. The van der Waals surface area contributed by atoms with Gasteiger partial charge in [-0.05, 0) is 6.92 Å². The predicted molar refractivity (Wildman–Crippen MR) is 72.1 cm³/mol. The number of methoxy groups -OCH3 is 1. The van der Waals surface area contributed by atoms with Crippen molar-refractivity contribution in [1.29, 1.82) is 0 Å². The van der Waals surface area contributed by atoms with Gasteiger partial charge in [-0.2, -0.15) is 0 Å². The van der Waals surface area contributed by atoms with Gasteiger partial charge in [-0.25, -0.2) is 0 Å². The average molecular weight is 272 g/mol. The van der Waals surface area contributed by atoms with Gasteiger partial charge in [0.25, 0.3) is 0 Å². The SMILES string of the molecule is C=CCOC[C@H]1O[C@@H](C)[C@H](OCC=C)[C@@H](O)[C@@H]1OC. The molecule has 5 nitrogen and oxygen atoms in total. The van der Waals surface area contributed by atoms with Crippen LogP contribution in [0.4, 0.5) is 0 Å². The van der Waals surface area contributed by atoms with E-state index in [9.17, 15) is 5.11 Å². The molecule has 0 aromatic heterocycles. The summed E-state index contributed by atoms with van der Waals surface area (Å²) in [7, 11) is 1.54. The van der Waals surface area contributed by atoms with E-state index in [1.807, 2.05) is 6.92 Å². The van der Waals surface area contributed by atoms with E-state index in [0.29, 0.717) is 19.8 Å². The lowest BCUT2D eigenvalue weighted by atomic mass is 9.95. The van der Waals surface area contributed by atoms with Crippen molar-refractivity contribution < 1.29 is 24.1 Å². The van der Waals surface area contributed by atoms with E-state index in [2.05, 4.69) is 13.2 Å². The van der Waals surface area contributed by atoms with E-state index >= 15 is 0 Å². The topological polar surface area (TPSA) is 57.2 Å². The minimum absolute atomic E-state index is 0.237. The largest absolute Gasteiger partial charge is 0.387 e. The first-order valence-corrected chi connectivity index (χ1v) is 6.43. The Morgan fingerprint density at radius 3 is 2.47 bits per heavy atom. The van der Waals surface area contributed by atoms with E-state index in [-0.39, 0.29) is 12.2 Å². The zero-order valence-electron chi connectivity index (χ0n) is 11.7. The minimum Gasteiger partial charge on any atom is -0.387 e. The van der Waals surface area contributed by atoms with Gasteiger partial charge in [0.05, 0.1) is 25.9 Å². The molecule has 5 atom stereocenters. The smallest absolute Gasteiger partial charge is 0.114 e. The van der Waals surface area contributed by atoms with Crippen molar-refractivity contribution in [3.05, 3.63) is 25.3 Å². The molecule has 0 radical (unpaired) electrons. The second kappa shape index (κ2) is 8.45. The molecule has 110 valence electrons. The monoisotopic (exact) mass is 272 g/mol. The molecule has 0 aliphatic carbocycles. The Balaban J connectivity index is 2.62. The zero-order valence-corrected chi connectivity index (χ0v) is 11.7. The van der Waals surface area contributed by atoms with Crippen LogP contribution in [-0.4, -0.2) is 62.6 Å². The second-order valence-corrected chi connectivity index (χ2v) is 4.48. The summed E-state index contributed by atoms with van der Waals surface area (Å²) in [6.07, 6.45) is 1.08. The fraction of sp³-hybridized carbons (Fsp3) is 0.714. The predicted octanol–water partition coefficient (Wildman–Crippen LogP) is 0.923. The molecule has 1 aliphatic heterocycles. The van der Waals surface area contributed by atoms with Crippen LogP contribution < -0.4 is 0 Å². The summed E-state index contributed by atoms with van der Waals surface area (Å²) in [4.78, 5) is 0. The van der Waals surface area contributed by atoms with Crippen molar-refractivity contribution in [2.24, 2.45) is 0 Å². The summed E-state index contributed by atoms with van der Waals surface area (Å²) in [5.41, 5.74) is 0. The van der Waals surface area contributed by atoms with Crippen molar-refractivity contribution >= 4 is 0 Å². The summed E-state index contributed by atoms with van der Waals surface area (Å²) in [6, 6.07) is 0. The summed E-state index contributed by atoms with van der Waals surface area (Å²) in [6.45, 7) is 10.2. The molecule has 0 saturated carbocycles. The van der Waals surface area contributed by atoms with Crippen LogP contribution >= 0.6 is 0 Å². The molecular formula is C14H24O5. The van der Waals surface area contributed by atoms with Crippen molar-refractivity contribution in [2.45, 2.75) is 37.4 Å². The number of aliphatic hydroxyl groups excluding tert-OH is 1. The number of aliphatic hydroxyl groups is 1. The summed E-state index contributed by atoms with van der Waals surface area (Å²) in [5, 5.41) is 10.3. The first kappa shape index (κ1) is 16.3. The van der Waals surface area contributed by atoms with Gasteiger partial charge in [-0.3, -0.25) is 0 Å². The number of rotatable bonds is 8. The molecule has 0 spiro atoms. The highest BCUT2D eigenvalue weighted by molar-refractivity contribution is 4.93. The summed E-state index contributed by atoms with van der Waals surface area (Å²) >= 11 is 0. The molecule has 19 heavy (non-hydrogen) atoms. The molecular weight excluding hydrogens is 248 g/mol. The van der Waals surface area contributed by atoms with Crippen LogP contribution in [0.2, 0.25) is 0 Å². The molecule has 1 rings (SSSR count). The highest BCUT2D eigenvalue weighted by Crippen LogP contribution is 2.25. The van der Waals surface area contributed by atoms with Crippen molar-refractivity contribution in [3.8, 4) is 0 Å². The zero-order chi connectivity index (χ0) is 14.3. The Kier molecular flexibility index (Phi) is 7.27. The normalized spacial score (nSPS) is 35.0. The molecule has 0 aromatic carbocycles. The van der Waals surface area contributed by atoms with E-state index in [1.54, 1.807) is 12.2 Å². The lowest BCUT2D eigenvalue weighted by Crippen LogP contribution is -2.59. The van der Waals surface area contributed by atoms with Crippen LogP contribution in [0.1, 0.15) is 6.92 Å². The van der Waals surface area contributed by atoms with E-state index in [4.69, 9.17) is 18.9 Å². The van der Waals surface area contributed by atoms with Crippen LogP contribution in [0.5, 0.6) is 0 Å². The van der Waals surface area contributed by atoms with Crippen LogP contribution in [0.25, 0.3) is 0 Å². The van der Waals surface area contributed by atoms with Gasteiger partial charge in [-0.1, -0.05) is 12.2 Å². The fourth-order valence-electron chi connectivity index (χ4n) is 2.22. The Hall–Kier alpha value is -0.720. The van der Waals surface area contributed by atoms with Gasteiger partial charge in [0, 0.05) is 7.11 Å². The van der Waals surface area contributed by atoms with Gasteiger partial charge in [0.15, 0.2) is 0 Å². The van der Waals surface area contributed by atoms with Gasteiger partial charge < -0.3 is 24.1 Å². The third kappa shape index (κ3) is 4.40. The highest BCUT2D eigenvalue weighted by atomic mass is 16.6. The van der Waals surface area contributed by atoms with Crippen LogP contribution in [0.15, 0.2) is 25.3 Å². The van der Waals surface area contributed by atoms with Gasteiger partial charge in [-0.15, -0.1) is 13.2 Å². The second-order valence-electron chi connectivity index (χ2n) is 4.48. The first-order valence-electron chi connectivity index (χ1n) is 6.43. The van der Waals surface area contributed by atoms with Crippen molar-refractivity contribution in [1.82, 2.24) is 0 Å². The summed E-state index contributed by atoms with van der Waals surface area (Å²) in [5.74, 6) is 0. The highest BCUT2D eigenvalue weighted by Gasteiger charge is 2.44. The minimum atomic E-state index is -0.758. The quantitative estimate of drug-likeness (QED) is 0.526. The Morgan fingerprint density at radius 1 is 1.21 bits per heavy atom. The van der Waals surface area contributed by atoms with E-state index in [0.717, 1.165) is 0 Å². The lowest BCUT2D eigenvalue weighted by Gasteiger charge is -2.42. The molecule has 1 saturated heterocycles. The van der Waals surface area contributed by atoms with Gasteiger partial charge >= 0.3 is 0 Å². The standard InChI is InChI=1S/C14H24O5/c1-5-7-17-9-11-14(16-4)12(15)13(10(3)19-11)18-8-6-2/h5-6,10-15H,1-2,7-9H2,3-4H3/t10-,11+,12+,13-,14+/m0/s1. The first-order chi connectivity index (χ1) is 9.15. The Labute approximate surface area is 114 Å². The number of hydrogen-bond donors (Lipinski definition) is 1. The molecule has 5 heteroatoms. The van der Waals surface area contributed by atoms with Gasteiger partial charge in [0.1, 0.15) is 24.4 Å². The van der Waals surface area contributed by atoms with Crippen molar-refractivity contribution in [3.63, 3.8) is 0 Å². The maximum absolute atomic E-state index is 10.3. The molecule has 1 heterocycles. The van der Waals surface area contributed by atoms with E-state index in [1.165, 1.54) is 7.11 Å². The molecule has 1 N–H and O–H groups in total. The average Bonchev–Trinajstić information content (AvgIpc) is 2.39. The van der Waals surface area contributed by atoms with E-state index < -0.39 is 18.3 Å². The number of ether oxygens (including phenoxy) is 4. The fourth-order valence-corrected chi connectivity index (χ4v) is 2.22. The molecule has 1 fully saturated rings. The van der Waals surface area contributed by atoms with Crippen LogP contribution in [0, 0.1) is 0 Å². The lowest BCUT2D eigenvalue weighted by molar-refractivity contribution is -0.243. The molecule has 0 amide bonds. The Morgan fingerprint density at radius 2 is 1.89 bits per heavy atom. The maximum Gasteiger partial charge on any atom is 0.114 e. The Bertz CT molecular complexity index is 279. The molecule has 0 bridgehead atoms. The molecule has 1 aliphatic rings. The third-order valence-corrected chi connectivity index (χ3v) is 3.09. The summed E-state index contributed by atoms with van der Waals surface area (Å²) < 4.78 is 22.0.